The zero-order valence-corrected chi connectivity index (χ0v) is 14.6. The monoisotopic (exact) mass is 351 g/mol. The minimum absolute atomic E-state index is 0.0850. The smallest absolute Gasteiger partial charge is 0.254 e. The molecule has 6 heteroatoms. The number of nitrogens with zero attached hydrogens (tertiary/aromatic N) is 1. The van der Waals surface area contributed by atoms with Gasteiger partial charge in [-0.15, -0.1) is 0 Å². The second kappa shape index (κ2) is 7.82. The number of para-hydroxylation sites is 1. The second-order valence-electron chi connectivity index (χ2n) is 6.29. The number of benzene rings is 2. The predicted octanol–water partition coefficient (Wildman–Crippen LogP) is 1.96. The second-order valence-corrected chi connectivity index (χ2v) is 6.29. The van der Waals surface area contributed by atoms with Crippen molar-refractivity contribution in [3.8, 4) is 0 Å². The molecule has 26 heavy (non-hydrogen) atoms. The fourth-order valence-corrected chi connectivity index (χ4v) is 2.93. The summed E-state index contributed by atoms with van der Waals surface area (Å²) in [6.45, 7) is 2.70. The van der Waals surface area contributed by atoms with E-state index in [1.165, 1.54) is 4.90 Å². The first-order valence-electron chi connectivity index (χ1n) is 8.55. The van der Waals surface area contributed by atoms with Crippen LogP contribution in [0.5, 0.6) is 0 Å². The number of anilines is 1. The van der Waals surface area contributed by atoms with Crippen LogP contribution in [0.4, 0.5) is 5.69 Å². The van der Waals surface area contributed by atoms with Crippen molar-refractivity contribution in [3.05, 3.63) is 65.7 Å². The summed E-state index contributed by atoms with van der Waals surface area (Å²) in [6.07, 6.45) is -0.0850. The summed E-state index contributed by atoms with van der Waals surface area (Å²) >= 11 is 0. The van der Waals surface area contributed by atoms with Gasteiger partial charge in [-0.3, -0.25) is 14.4 Å². The highest BCUT2D eigenvalue weighted by molar-refractivity contribution is 6.01. The molecule has 1 aliphatic heterocycles. The van der Waals surface area contributed by atoms with Crippen molar-refractivity contribution in [1.82, 2.24) is 10.2 Å². The van der Waals surface area contributed by atoms with Gasteiger partial charge in [-0.25, -0.2) is 0 Å². The van der Waals surface area contributed by atoms with Gasteiger partial charge in [-0.1, -0.05) is 35.9 Å². The molecule has 6 nitrogen and oxygen atoms in total. The van der Waals surface area contributed by atoms with Gasteiger partial charge in [0.2, 0.25) is 11.8 Å². The van der Waals surface area contributed by atoms with Crippen LogP contribution in [0.2, 0.25) is 0 Å². The third kappa shape index (κ3) is 4.08. The van der Waals surface area contributed by atoms with Crippen molar-refractivity contribution in [1.29, 1.82) is 0 Å². The molecule has 2 N–H and O–H groups in total. The van der Waals surface area contributed by atoms with E-state index >= 15 is 0 Å². The topological polar surface area (TPSA) is 78.5 Å². The number of rotatable bonds is 4. The lowest BCUT2D eigenvalue weighted by Gasteiger charge is -2.34. The van der Waals surface area contributed by atoms with E-state index < -0.39 is 6.04 Å². The molecule has 2 aromatic rings. The van der Waals surface area contributed by atoms with Gasteiger partial charge in [0.1, 0.15) is 6.04 Å². The molecule has 0 aliphatic carbocycles. The Kier molecular flexibility index (Phi) is 5.31. The highest BCUT2D eigenvalue weighted by Gasteiger charge is 2.35. The molecule has 0 bridgehead atoms. The molecule has 3 amide bonds. The van der Waals surface area contributed by atoms with Gasteiger partial charge >= 0.3 is 0 Å². The van der Waals surface area contributed by atoms with E-state index in [-0.39, 0.29) is 24.1 Å². The Bertz CT molecular complexity index is 803. The van der Waals surface area contributed by atoms with Gasteiger partial charge in [0.05, 0.1) is 6.42 Å². The molecule has 0 aromatic heterocycles. The molecule has 0 spiro atoms. The summed E-state index contributed by atoms with van der Waals surface area (Å²) in [4.78, 5) is 38.9. The molecule has 0 radical (unpaired) electrons. The van der Waals surface area contributed by atoms with E-state index in [1.807, 2.05) is 37.3 Å². The Morgan fingerprint density at radius 3 is 2.50 bits per heavy atom. The van der Waals surface area contributed by atoms with Gasteiger partial charge in [-0.05, 0) is 31.2 Å². The van der Waals surface area contributed by atoms with Crippen LogP contribution in [0.3, 0.4) is 0 Å². The van der Waals surface area contributed by atoms with Crippen LogP contribution in [0.1, 0.15) is 22.3 Å². The SMILES string of the molecule is Cc1ccc(C(=O)N2CCNC(=O)[C@H]2CC(=O)Nc2ccccc2)cc1. The highest BCUT2D eigenvalue weighted by atomic mass is 16.2. The van der Waals surface area contributed by atoms with Crippen LogP contribution in [-0.2, 0) is 9.59 Å². The number of nitrogens with one attached hydrogen (secondary N) is 2. The molecular weight excluding hydrogens is 330 g/mol. The molecule has 1 fully saturated rings. The average molecular weight is 351 g/mol. The minimum Gasteiger partial charge on any atom is -0.353 e. The number of carbonyl (C=O) groups excluding carboxylic acids is 3. The van der Waals surface area contributed by atoms with Crippen LogP contribution >= 0.6 is 0 Å². The maximum atomic E-state index is 12.8. The molecular formula is C20H21N3O3. The zero-order chi connectivity index (χ0) is 18.5. The standard InChI is InChI=1S/C20H21N3O3/c1-14-7-9-15(10-8-14)20(26)23-12-11-21-19(25)17(23)13-18(24)22-16-5-3-2-4-6-16/h2-10,17H,11-13H2,1H3,(H,21,25)(H,22,24)/t17-/m1/s1. The first-order chi connectivity index (χ1) is 12.5. The zero-order valence-electron chi connectivity index (χ0n) is 14.6. The average Bonchev–Trinajstić information content (AvgIpc) is 2.64. The van der Waals surface area contributed by atoms with Crippen molar-refractivity contribution >= 4 is 23.4 Å². The quantitative estimate of drug-likeness (QED) is 0.884. The number of amides is 3. The van der Waals surface area contributed by atoms with E-state index in [0.717, 1.165) is 5.56 Å². The molecule has 1 aliphatic rings. The first kappa shape index (κ1) is 17.7. The van der Waals surface area contributed by atoms with E-state index in [0.29, 0.717) is 24.3 Å². The van der Waals surface area contributed by atoms with E-state index in [9.17, 15) is 14.4 Å². The Hall–Kier alpha value is -3.15. The highest BCUT2D eigenvalue weighted by Crippen LogP contribution is 2.16. The largest absolute Gasteiger partial charge is 0.353 e. The lowest BCUT2D eigenvalue weighted by Crippen LogP contribution is -2.58. The molecule has 0 unspecified atom stereocenters. The summed E-state index contributed by atoms with van der Waals surface area (Å²) < 4.78 is 0. The van der Waals surface area contributed by atoms with Crippen molar-refractivity contribution in [3.63, 3.8) is 0 Å². The number of carbonyl (C=O) groups is 3. The van der Waals surface area contributed by atoms with Gasteiger partial charge in [0.25, 0.3) is 5.91 Å². The summed E-state index contributed by atoms with van der Waals surface area (Å²) in [5, 5.41) is 5.49. The third-order valence-electron chi connectivity index (χ3n) is 4.33. The van der Waals surface area contributed by atoms with E-state index in [2.05, 4.69) is 10.6 Å². The first-order valence-corrected chi connectivity index (χ1v) is 8.55. The maximum Gasteiger partial charge on any atom is 0.254 e. The summed E-state index contributed by atoms with van der Waals surface area (Å²) in [7, 11) is 0. The van der Waals surface area contributed by atoms with Crippen LogP contribution in [0.15, 0.2) is 54.6 Å². The molecule has 134 valence electrons. The molecule has 0 saturated carbocycles. The van der Waals surface area contributed by atoms with Crippen LogP contribution in [0, 0.1) is 6.92 Å². The normalized spacial score (nSPS) is 16.7. The lowest BCUT2D eigenvalue weighted by molar-refractivity contribution is -0.131. The van der Waals surface area contributed by atoms with Crippen LogP contribution in [-0.4, -0.2) is 41.8 Å². The number of piperazine rings is 1. The number of hydrogen-bond donors (Lipinski definition) is 2. The Morgan fingerprint density at radius 1 is 1.12 bits per heavy atom. The van der Waals surface area contributed by atoms with Crippen molar-refractivity contribution in [2.75, 3.05) is 18.4 Å². The molecule has 1 heterocycles. The Morgan fingerprint density at radius 2 is 1.81 bits per heavy atom. The van der Waals surface area contributed by atoms with E-state index in [1.54, 1.807) is 24.3 Å². The summed E-state index contributed by atoms with van der Waals surface area (Å²) in [5.41, 5.74) is 2.22. The fourth-order valence-electron chi connectivity index (χ4n) is 2.93. The van der Waals surface area contributed by atoms with Gasteiger partial charge in [0.15, 0.2) is 0 Å². The van der Waals surface area contributed by atoms with Gasteiger partial charge < -0.3 is 15.5 Å². The van der Waals surface area contributed by atoms with Crippen LogP contribution in [0.25, 0.3) is 0 Å². The molecule has 1 atom stereocenters. The number of hydrogen-bond acceptors (Lipinski definition) is 3. The fraction of sp³-hybridized carbons (Fsp3) is 0.250. The molecule has 1 saturated heterocycles. The van der Waals surface area contributed by atoms with Gasteiger partial charge in [-0.2, -0.15) is 0 Å². The minimum atomic E-state index is -0.818. The Labute approximate surface area is 152 Å². The van der Waals surface area contributed by atoms with Crippen molar-refractivity contribution in [2.45, 2.75) is 19.4 Å². The summed E-state index contributed by atoms with van der Waals surface area (Å²) in [6, 6.07) is 15.4. The molecule has 3 rings (SSSR count). The van der Waals surface area contributed by atoms with E-state index in [4.69, 9.17) is 0 Å². The van der Waals surface area contributed by atoms with Crippen molar-refractivity contribution < 1.29 is 14.4 Å². The third-order valence-corrected chi connectivity index (χ3v) is 4.33. The summed E-state index contributed by atoms with van der Waals surface area (Å²) in [5.74, 6) is -0.850. The lowest BCUT2D eigenvalue weighted by atomic mass is 10.1. The van der Waals surface area contributed by atoms with Crippen molar-refractivity contribution in [2.24, 2.45) is 0 Å². The Balaban J connectivity index is 1.73. The van der Waals surface area contributed by atoms with Crippen LogP contribution < -0.4 is 10.6 Å². The maximum absolute atomic E-state index is 12.8. The number of aryl methyl sites for hydroxylation is 1. The van der Waals surface area contributed by atoms with Gasteiger partial charge in [0, 0.05) is 24.3 Å². The molecule has 2 aromatic carbocycles. The predicted molar refractivity (Wildman–Crippen MR) is 98.7 cm³/mol.